The van der Waals surface area contributed by atoms with E-state index in [2.05, 4.69) is 17.0 Å². The van der Waals surface area contributed by atoms with E-state index in [1.54, 1.807) is 0 Å². The van der Waals surface area contributed by atoms with Gasteiger partial charge in [-0.2, -0.15) is 0 Å². The molecule has 0 unspecified atom stereocenters. The summed E-state index contributed by atoms with van der Waals surface area (Å²) in [5.41, 5.74) is 1.24. The Morgan fingerprint density at radius 1 is 1.17 bits per heavy atom. The van der Waals surface area contributed by atoms with E-state index in [0.29, 0.717) is 0 Å². The van der Waals surface area contributed by atoms with Crippen molar-refractivity contribution in [2.45, 2.75) is 38.9 Å². The topological polar surface area (TPSA) is 47.7 Å². The highest BCUT2D eigenvalue weighted by atomic mass is 16.6. The highest BCUT2D eigenvalue weighted by Gasteiger charge is 2.19. The van der Waals surface area contributed by atoms with E-state index in [9.17, 15) is 0 Å². The van der Waals surface area contributed by atoms with Gasteiger partial charge in [-0.05, 0) is 51.0 Å². The van der Waals surface area contributed by atoms with Crippen molar-refractivity contribution in [1.82, 2.24) is 0 Å². The van der Waals surface area contributed by atoms with Gasteiger partial charge in [0.2, 0.25) is 0 Å². The van der Waals surface area contributed by atoms with Crippen LogP contribution in [0.25, 0.3) is 0 Å². The first-order valence-corrected chi connectivity index (χ1v) is 6.56. The summed E-state index contributed by atoms with van der Waals surface area (Å²) in [7, 11) is 0. The Bertz CT molecular complexity index is 357. The number of benzene rings is 1. The Morgan fingerprint density at radius 2 is 1.78 bits per heavy atom. The molecule has 0 radical (unpaired) electrons. The van der Waals surface area contributed by atoms with Crippen LogP contribution in [-0.4, -0.2) is 25.3 Å². The van der Waals surface area contributed by atoms with Crippen LogP contribution < -0.4 is 15.5 Å². The minimum absolute atomic E-state index is 0.213. The Hall–Kier alpha value is -1.26. The quantitative estimate of drug-likeness (QED) is 0.833. The van der Waals surface area contributed by atoms with Crippen molar-refractivity contribution in [1.29, 1.82) is 0 Å². The standard InChI is InChI=1S/C14H22N2O2/c1-11(2)17-13-5-3-12(4-6-13)16-9-7-14(18-15)8-10-16/h3-6,11,14H,7-10,15H2,1-2H3. The van der Waals surface area contributed by atoms with Gasteiger partial charge in [-0.3, -0.25) is 0 Å². The molecule has 2 N–H and O–H groups in total. The fourth-order valence-electron chi connectivity index (χ4n) is 2.26. The lowest BCUT2D eigenvalue weighted by Gasteiger charge is -2.32. The predicted octanol–water partition coefficient (Wildman–Crippen LogP) is 2.33. The molecule has 1 aromatic rings. The van der Waals surface area contributed by atoms with Crippen LogP contribution in [0.5, 0.6) is 5.75 Å². The number of rotatable bonds is 4. The number of anilines is 1. The number of hydrogen-bond donors (Lipinski definition) is 1. The predicted molar refractivity (Wildman–Crippen MR) is 72.7 cm³/mol. The molecule has 4 nitrogen and oxygen atoms in total. The van der Waals surface area contributed by atoms with Crippen LogP contribution >= 0.6 is 0 Å². The van der Waals surface area contributed by atoms with Gasteiger partial charge in [0, 0.05) is 18.8 Å². The fraction of sp³-hybridized carbons (Fsp3) is 0.571. The molecule has 1 aromatic carbocycles. The third-order valence-electron chi connectivity index (χ3n) is 3.21. The number of nitrogens with two attached hydrogens (primary N) is 1. The zero-order valence-corrected chi connectivity index (χ0v) is 11.1. The molecule has 0 spiro atoms. The van der Waals surface area contributed by atoms with E-state index < -0.39 is 0 Å². The van der Waals surface area contributed by atoms with Crippen LogP contribution in [0.3, 0.4) is 0 Å². The van der Waals surface area contributed by atoms with Crippen LogP contribution in [0.4, 0.5) is 5.69 Å². The van der Waals surface area contributed by atoms with Crippen molar-refractivity contribution >= 4 is 5.69 Å². The second kappa shape index (κ2) is 6.07. The third kappa shape index (κ3) is 3.37. The first-order valence-electron chi connectivity index (χ1n) is 6.56. The molecule has 2 rings (SSSR count). The molecule has 1 aliphatic rings. The van der Waals surface area contributed by atoms with Crippen LogP contribution in [0.15, 0.2) is 24.3 Å². The number of piperidine rings is 1. The molecular formula is C14H22N2O2. The second-order valence-corrected chi connectivity index (χ2v) is 4.98. The lowest BCUT2D eigenvalue weighted by atomic mass is 10.1. The van der Waals surface area contributed by atoms with Crippen molar-refractivity contribution in [2.75, 3.05) is 18.0 Å². The number of nitrogens with zero attached hydrogens (tertiary/aromatic N) is 1. The molecular weight excluding hydrogens is 228 g/mol. The Kier molecular flexibility index (Phi) is 4.44. The highest BCUT2D eigenvalue weighted by molar-refractivity contribution is 5.49. The van der Waals surface area contributed by atoms with Gasteiger partial charge in [-0.1, -0.05) is 0 Å². The molecule has 1 saturated heterocycles. The molecule has 0 aromatic heterocycles. The average Bonchev–Trinajstić information content (AvgIpc) is 2.39. The summed E-state index contributed by atoms with van der Waals surface area (Å²) in [6.45, 7) is 6.05. The summed E-state index contributed by atoms with van der Waals surface area (Å²) in [6.07, 6.45) is 2.40. The largest absolute Gasteiger partial charge is 0.491 e. The maximum atomic E-state index is 5.64. The van der Waals surface area contributed by atoms with Gasteiger partial charge in [-0.15, -0.1) is 0 Å². The molecule has 0 bridgehead atoms. The molecule has 0 saturated carbocycles. The minimum atomic E-state index is 0.213. The van der Waals surface area contributed by atoms with E-state index in [4.69, 9.17) is 15.5 Å². The van der Waals surface area contributed by atoms with E-state index in [0.717, 1.165) is 31.7 Å². The maximum Gasteiger partial charge on any atom is 0.119 e. The van der Waals surface area contributed by atoms with Crippen LogP contribution in [-0.2, 0) is 4.84 Å². The van der Waals surface area contributed by atoms with Gasteiger partial charge in [0.1, 0.15) is 5.75 Å². The molecule has 4 heteroatoms. The monoisotopic (exact) mass is 250 g/mol. The zero-order chi connectivity index (χ0) is 13.0. The SMILES string of the molecule is CC(C)Oc1ccc(N2CCC(ON)CC2)cc1. The molecule has 1 heterocycles. The van der Waals surface area contributed by atoms with E-state index in [1.807, 2.05) is 26.0 Å². The van der Waals surface area contributed by atoms with Crippen molar-refractivity contribution in [3.05, 3.63) is 24.3 Å². The Morgan fingerprint density at radius 3 is 2.28 bits per heavy atom. The lowest BCUT2D eigenvalue weighted by molar-refractivity contribution is 0.0367. The zero-order valence-electron chi connectivity index (χ0n) is 11.1. The lowest BCUT2D eigenvalue weighted by Crippen LogP contribution is -2.37. The second-order valence-electron chi connectivity index (χ2n) is 4.98. The molecule has 1 aliphatic heterocycles. The van der Waals surface area contributed by atoms with Crippen molar-refractivity contribution < 1.29 is 9.57 Å². The van der Waals surface area contributed by atoms with Crippen LogP contribution in [0.2, 0.25) is 0 Å². The minimum Gasteiger partial charge on any atom is -0.491 e. The van der Waals surface area contributed by atoms with E-state index >= 15 is 0 Å². The first kappa shape index (κ1) is 13.2. The summed E-state index contributed by atoms with van der Waals surface area (Å²) in [5, 5.41) is 0. The highest BCUT2D eigenvalue weighted by Crippen LogP contribution is 2.23. The van der Waals surface area contributed by atoms with E-state index in [-0.39, 0.29) is 12.2 Å². The Balaban J connectivity index is 1.93. The molecule has 18 heavy (non-hydrogen) atoms. The molecule has 0 amide bonds. The van der Waals surface area contributed by atoms with Gasteiger partial charge in [-0.25, -0.2) is 5.90 Å². The smallest absolute Gasteiger partial charge is 0.119 e. The summed E-state index contributed by atoms with van der Waals surface area (Å²) in [4.78, 5) is 7.25. The summed E-state index contributed by atoms with van der Waals surface area (Å²) in [5.74, 6) is 6.14. The maximum absolute atomic E-state index is 5.64. The molecule has 0 atom stereocenters. The van der Waals surface area contributed by atoms with Crippen molar-refractivity contribution in [2.24, 2.45) is 5.90 Å². The Labute approximate surface area is 109 Å². The first-order chi connectivity index (χ1) is 8.69. The number of ether oxygens (including phenoxy) is 1. The van der Waals surface area contributed by atoms with Crippen molar-refractivity contribution in [3.63, 3.8) is 0 Å². The molecule has 1 fully saturated rings. The average molecular weight is 250 g/mol. The normalized spacial score (nSPS) is 17.2. The van der Waals surface area contributed by atoms with Crippen LogP contribution in [0.1, 0.15) is 26.7 Å². The third-order valence-corrected chi connectivity index (χ3v) is 3.21. The van der Waals surface area contributed by atoms with Gasteiger partial charge in [0.05, 0.1) is 12.2 Å². The summed E-state index contributed by atoms with van der Waals surface area (Å²) < 4.78 is 5.64. The van der Waals surface area contributed by atoms with Gasteiger partial charge in [0.25, 0.3) is 0 Å². The fourth-order valence-corrected chi connectivity index (χ4v) is 2.26. The van der Waals surface area contributed by atoms with Gasteiger partial charge in [0.15, 0.2) is 0 Å². The molecule has 0 aliphatic carbocycles. The summed E-state index contributed by atoms with van der Waals surface area (Å²) >= 11 is 0. The van der Waals surface area contributed by atoms with Gasteiger partial charge < -0.3 is 14.5 Å². The van der Waals surface area contributed by atoms with Crippen molar-refractivity contribution in [3.8, 4) is 5.75 Å². The van der Waals surface area contributed by atoms with E-state index in [1.165, 1.54) is 5.69 Å². The number of hydrogen-bond acceptors (Lipinski definition) is 4. The summed E-state index contributed by atoms with van der Waals surface area (Å²) in [6, 6.07) is 8.28. The van der Waals surface area contributed by atoms with Gasteiger partial charge >= 0.3 is 0 Å². The van der Waals surface area contributed by atoms with Crippen LogP contribution in [0, 0.1) is 0 Å². The molecule has 100 valence electrons.